The zero-order valence-electron chi connectivity index (χ0n) is 13.4. The van der Waals surface area contributed by atoms with Crippen LogP contribution in [-0.2, 0) is 14.4 Å². The molecule has 4 heteroatoms. The van der Waals surface area contributed by atoms with E-state index in [0.717, 1.165) is 11.1 Å². The van der Waals surface area contributed by atoms with Crippen LogP contribution in [0.1, 0.15) is 44.2 Å². The summed E-state index contributed by atoms with van der Waals surface area (Å²) >= 11 is 0. The van der Waals surface area contributed by atoms with Crippen LogP contribution in [0.3, 0.4) is 0 Å². The number of aryl methyl sites for hydroxylation is 1. The van der Waals surface area contributed by atoms with Crippen molar-refractivity contribution in [1.82, 2.24) is 0 Å². The number of rotatable bonds is 3. The van der Waals surface area contributed by atoms with Gasteiger partial charge in [-0.2, -0.15) is 0 Å². The molecule has 1 aromatic rings. The number of Topliss-reactive ketones (excluding diaryl/α,β-unsaturated/α-hetero) is 3. The quantitative estimate of drug-likeness (QED) is 0.869. The molecule has 0 bridgehead atoms. The van der Waals surface area contributed by atoms with E-state index in [2.05, 4.69) is 0 Å². The zero-order chi connectivity index (χ0) is 16.7. The van der Waals surface area contributed by atoms with Gasteiger partial charge in [0.15, 0.2) is 0 Å². The van der Waals surface area contributed by atoms with E-state index in [-0.39, 0.29) is 23.8 Å². The van der Waals surface area contributed by atoms with Crippen molar-refractivity contribution in [2.45, 2.75) is 45.6 Å². The van der Waals surface area contributed by atoms with Gasteiger partial charge in [0.2, 0.25) is 0 Å². The van der Waals surface area contributed by atoms with Crippen LogP contribution in [0.5, 0.6) is 0 Å². The van der Waals surface area contributed by atoms with Gasteiger partial charge in [0, 0.05) is 12.3 Å². The largest absolute Gasteiger partial charge is 0.389 e. The van der Waals surface area contributed by atoms with E-state index in [9.17, 15) is 19.5 Å². The average molecular weight is 302 g/mol. The molecule has 0 radical (unpaired) electrons. The number of benzene rings is 1. The van der Waals surface area contributed by atoms with Crippen LogP contribution in [0, 0.1) is 18.8 Å². The third-order valence-corrected chi connectivity index (χ3v) is 4.61. The summed E-state index contributed by atoms with van der Waals surface area (Å²) < 4.78 is 0. The van der Waals surface area contributed by atoms with Crippen molar-refractivity contribution in [3.05, 3.63) is 35.4 Å². The first kappa shape index (κ1) is 16.6. The van der Waals surface area contributed by atoms with Gasteiger partial charge in [-0.25, -0.2) is 0 Å². The van der Waals surface area contributed by atoms with E-state index >= 15 is 0 Å². The molecule has 1 fully saturated rings. The molecule has 1 saturated carbocycles. The molecule has 0 aliphatic heterocycles. The van der Waals surface area contributed by atoms with Crippen LogP contribution in [0.2, 0.25) is 0 Å². The first-order valence-corrected chi connectivity index (χ1v) is 7.47. The van der Waals surface area contributed by atoms with Crippen LogP contribution in [-0.4, -0.2) is 28.1 Å². The summed E-state index contributed by atoms with van der Waals surface area (Å²) in [5, 5.41) is 10.6. The first-order chi connectivity index (χ1) is 10.1. The third kappa shape index (κ3) is 2.88. The molecule has 1 aliphatic rings. The van der Waals surface area contributed by atoms with E-state index < -0.39 is 23.4 Å². The Labute approximate surface area is 130 Å². The molecule has 2 rings (SSSR count). The molecule has 1 aromatic carbocycles. The smallest absolute Gasteiger partial charge is 0.146 e. The monoisotopic (exact) mass is 302 g/mol. The lowest BCUT2D eigenvalue weighted by atomic mass is 9.60. The molecule has 1 aliphatic carbocycles. The first-order valence-electron chi connectivity index (χ1n) is 7.47. The fraction of sp³-hybridized carbons (Fsp3) is 0.500. The fourth-order valence-corrected chi connectivity index (χ4v) is 3.70. The van der Waals surface area contributed by atoms with Gasteiger partial charge in [-0.1, -0.05) is 29.8 Å². The molecule has 0 aromatic heterocycles. The Bertz CT molecular complexity index is 612. The Kier molecular flexibility index (Phi) is 4.34. The Morgan fingerprint density at radius 3 is 2.14 bits per heavy atom. The Hall–Kier alpha value is -1.81. The highest BCUT2D eigenvalue weighted by atomic mass is 16.3. The maximum Gasteiger partial charge on any atom is 0.146 e. The predicted molar refractivity (Wildman–Crippen MR) is 82.5 cm³/mol. The molecule has 0 heterocycles. The average Bonchev–Trinajstić information content (AvgIpc) is 2.36. The second-order valence-corrected chi connectivity index (χ2v) is 6.61. The molecule has 0 spiro atoms. The van der Waals surface area contributed by atoms with Crippen LogP contribution >= 0.6 is 0 Å². The number of ketones is 3. The van der Waals surface area contributed by atoms with Crippen molar-refractivity contribution in [3.63, 3.8) is 0 Å². The summed E-state index contributed by atoms with van der Waals surface area (Å²) in [6, 6.07) is 7.44. The predicted octanol–water partition coefficient (Wildman–Crippen LogP) is 2.21. The lowest BCUT2D eigenvalue weighted by molar-refractivity contribution is -0.151. The van der Waals surface area contributed by atoms with Crippen molar-refractivity contribution in [1.29, 1.82) is 0 Å². The van der Waals surface area contributed by atoms with Crippen molar-refractivity contribution >= 4 is 17.3 Å². The summed E-state index contributed by atoms with van der Waals surface area (Å²) in [7, 11) is 0. The van der Waals surface area contributed by atoms with Crippen LogP contribution < -0.4 is 0 Å². The summed E-state index contributed by atoms with van der Waals surface area (Å²) in [5.41, 5.74) is 0.375. The molecular formula is C18H22O4. The lowest BCUT2D eigenvalue weighted by Crippen LogP contribution is -2.53. The summed E-state index contributed by atoms with van der Waals surface area (Å²) in [6.07, 6.45) is -0.163. The number of carbonyl (C=O) groups excluding carboxylic acids is 3. The topological polar surface area (TPSA) is 71.4 Å². The van der Waals surface area contributed by atoms with Gasteiger partial charge in [0.05, 0.1) is 17.4 Å². The SMILES string of the molecule is CC(=O)[C@@H]1C(=O)C[C@](C)(O)[C@@H](C(C)=O)[C@@H]1c1ccc(C)cc1. The Morgan fingerprint density at radius 1 is 1.14 bits per heavy atom. The minimum absolute atomic E-state index is 0.163. The summed E-state index contributed by atoms with van der Waals surface area (Å²) in [5.74, 6) is -2.97. The Morgan fingerprint density at radius 2 is 1.68 bits per heavy atom. The number of hydrogen-bond donors (Lipinski definition) is 1. The molecule has 22 heavy (non-hydrogen) atoms. The summed E-state index contributed by atoms with van der Waals surface area (Å²) in [4.78, 5) is 36.6. The van der Waals surface area contributed by atoms with Crippen LogP contribution in [0.15, 0.2) is 24.3 Å². The fourth-order valence-electron chi connectivity index (χ4n) is 3.70. The van der Waals surface area contributed by atoms with Crippen molar-refractivity contribution in [2.24, 2.45) is 11.8 Å². The molecule has 0 amide bonds. The molecule has 0 saturated heterocycles. The van der Waals surface area contributed by atoms with Gasteiger partial charge in [-0.15, -0.1) is 0 Å². The summed E-state index contributed by atoms with van der Waals surface area (Å²) in [6.45, 7) is 6.24. The second-order valence-electron chi connectivity index (χ2n) is 6.61. The highest BCUT2D eigenvalue weighted by Gasteiger charge is 2.53. The van der Waals surface area contributed by atoms with E-state index in [0.29, 0.717) is 0 Å². The molecule has 118 valence electrons. The number of aliphatic hydroxyl groups is 1. The van der Waals surface area contributed by atoms with E-state index in [4.69, 9.17) is 0 Å². The standard InChI is InChI=1S/C18H22O4/c1-10-5-7-13(8-6-10)16-15(11(2)19)14(21)9-18(4,22)17(16)12(3)20/h5-8,15-17,22H,9H2,1-4H3/t15-,16-,17+,18+/m1/s1. The molecule has 4 atom stereocenters. The van der Waals surface area contributed by atoms with Crippen LogP contribution in [0.25, 0.3) is 0 Å². The van der Waals surface area contributed by atoms with Gasteiger partial charge < -0.3 is 5.11 Å². The van der Waals surface area contributed by atoms with Gasteiger partial charge in [0.25, 0.3) is 0 Å². The maximum absolute atomic E-state index is 12.4. The van der Waals surface area contributed by atoms with Crippen molar-refractivity contribution in [3.8, 4) is 0 Å². The molecular weight excluding hydrogens is 280 g/mol. The van der Waals surface area contributed by atoms with Gasteiger partial charge in [-0.3, -0.25) is 14.4 Å². The molecule has 4 nitrogen and oxygen atoms in total. The van der Waals surface area contributed by atoms with Crippen molar-refractivity contribution < 1.29 is 19.5 Å². The minimum Gasteiger partial charge on any atom is -0.389 e. The molecule has 0 unspecified atom stereocenters. The highest BCUT2D eigenvalue weighted by Crippen LogP contribution is 2.46. The third-order valence-electron chi connectivity index (χ3n) is 4.61. The highest BCUT2D eigenvalue weighted by molar-refractivity contribution is 6.05. The van der Waals surface area contributed by atoms with E-state index in [1.165, 1.54) is 20.8 Å². The lowest BCUT2D eigenvalue weighted by Gasteiger charge is -2.44. The number of hydrogen-bond acceptors (Lipinski definition) is 4. The maximum atomic E-state index is 12.4. The van der Waals surface area contributed by atoms with Gasteiger partial charge in [0.1, 0.15) is 17.3 Å². The van der Waals surface area contributed by atoms with E-state index in [1.54, 1.807) is 0 Å². The normalized spacial score (nSPS) is 31.9. The number of carbonyl (C=O) groups is 3. The van der Waals surface area contributed by atoms with E-state index in [1.807, 2.05) is 31.2 Å². The minimum atomic E-state index is -1.43. The van der Waals surface area contributed by atoms with Crippen LogP contribution in [0.4, 0.5) is 0 Å². The van der Waals surface area contributed by atoms with Gasteiger partial charge >= 0.3 is 0 Å². The second kappa shape index (κ2) is 5.76. The van der Waals surface area contributed by atoms with Crippen molar-refractivity contribution in [2.75, 3.05) is 0 Å². The zero-order valence-corrected chi connectivity index (χ0v) is 13.4. The Balaban J connectivity index is 2.61. The van der Waals surface area contributed by atoms with Gasteiger partial charge in [-0.05, 0) is 33.3 Å². The molecule has 1 N–H and O–H groups in total.